The van der Waals surface area contributed by atoms with Gasteiger partial charge in [-0.2, -0.15) is 5.26 Å². The molecule has 2 amide bonds. The van der Waals surface area contributed by atoms with Crippen LogP contribution in [0.25, 0.3) is 0 Å². The van der Waals surface area contributed by atoms with E-state index in [2.05, 4.69) is 37.2 Å². The van der Waals surface area contributed by atoms with Crippen molar-refractivity contribution in [3.63, 3.8) is 0 Å². The van der Waals surface area contributed by atoms with Gasteiger partial charge in [0.15, 0.2) is 0 Å². The van der Waals surface area contributed by atoms with Crippen molar-refractivity contribution < 1.29 is 18.8 Å². The molecule has 25 heavy (non-hydrogen) atoms. The number of benzene rings is 1. The van der Waals surface area contributed by atoms with Crippen molar-refractivity contribution in [2.75, 3.05) is 5.32 Å². The lowest BCUT2D eigenvalue weighted by atomic mass is 10.2. The van der Waals surface area contributed by atoms with Gasteiger partial charge in [-0.1, -0.05) is 0 Å². The van der Waals surface area contributed by atoms with Gasteiger partial charge in [-0.15, -0.1) is 0 Å². The number of amides is 2. The fourth-order valence-electron chi connectivity index (χ4n) is 2.07. The zero-order valence-electron chi connectivity index (χ0n) is 12.6. The maximum atomic E-state index is 13.3. The predicted molar refractivity (Wildman–Crippen MR) is 93.4 cm³/mol. The van der Waals surface area contributed by atoms with E-state index in [1.54, 1.807) is 6.07 Å². The number of aromatic nitrogens is 1. The monoisotopic (exact) mass is 470 g/mol. The minimum atomic E-state index is -1.17. The Morgan fingerprint density at radius 3 is 2.52 bits per heavy atom. The first-order valence-electron chi connectivity index (χ1n) is 6.57. The SMILES string of the molecule is Cn1c(Br)c(C(=O)C(N)=O)c(Br)c1C(=O)Nc1ccc(F)c(C#N)c1. The highest BCUT2D eigenvalue weighted by Crippen LogP contribution is 2.32. The van der Waals surface area contributed by atoms with E-state index in [4.69, 9.17) is 11.0 Å². The highest BCUT2D eigenvalue weighted by molar-refractivity contribution is 9.11. The van der Waals surface area contributed by atoms with Crippen molar-refractivity contribution in [2.24, 2.45) is 12.8 Å². The van der Waals surface area contributed by atoms with Gasteiger partial charge in [0, 0.05) is 12.7 Å². The van der Waals surface area contributed by atoms with Crippen LogP contribution in [-0.4, -0.2) is 22.2 Å². The molecule has 0 bridgehead atoms. The fraction of sp³-hybridized carbons (Fsp3) is 0.0667. The van der Waals surface area contributed by atoms with E-state index < -0.39 is 23.4 Å². The van der Waals surface area contributed by atoms with Crippen LogP contribution in [0.5, 0.6) is 0 Å². The number of anilines is 1. The average molecular weight is 472 g/mol. The van der Waals surface area contributed by atoms with Gasteiger partial charge in [-0.05, 0) is 50.1 Å². The molecule has 0 radical (unpaired) electrons. The molecule has 0 aliphatic heterocycles. The second-order valence-electron chi connectivity index (χ2n) is 4.84. The van der Waals surface area contributed by atoms with Gasteiger partial charge in [0.1, 0.15) is 17.6 Å². The van der Waals surface area contributed by atoms with Gasteiger partial charge >= 0.3 is 0 Å². The molecule has 0 spiro atoms. The van der Waals surface area contributed by atoms with Crippen LogP contribution in [0.1, 0.15) is 26.4 Å². The first-order valence-corrected chi connectivity index (χ1v) is 8.16. The summed E-state index contributed by atoms with van der Waals surface area (Å²) >= 11 is 6.26. The summed E-state index contributed by atoms with van der Waals surface area (Å²) in [5, 5.41) is 11.3. The number of hydrogen-bond acceptors (Lipinski definition) is 4. The zero-order chi connectivity index (χ0) is 18.9. The Morgan fingerprint density at radius 2 is 1.96 bits per heavy atom. The summed E-state index contributed by atoms with van der Waals surface area (Å²) in [6.07, 6.45) is 0. The first-order chi connectivity index (χ1) is 11.7. The van der Waals surface area contributed by atoms with Crippen molar-refractivity contribution in [3.05, 3.63) is 49.9 Å². The number of halogens is 3. The minimum Gasteiger partial charge on any atom is -0.363 e. The molecular weight excluding hydrogens is 463 g/mol. The van der Waals surface area contributed by atoms with Crippen molar-refractivity contribution in [3.8, 4) is 6.07 Å². The van der Waals surface area contributed by atoms with Crippen LogP contribution in [0.15, 0.2) is 27.3 Å². The summed E-state index contributed by atoms with van der Waals surface area (Å²) in [7, 11) is 1.49. The molecule has 128 valence electrons. The largest absolute Gasteiger partial charge is 0.363 e. The molecule has 1 aromatic heterocycles. The molecule has 0 unspecified atom stereocenters. The molecule has 0 fully saturated rings. The second-order valence-corrected chi connectivity index (χ2v) is 6.39. The lowest BCUT2D eigenvalue weighted by molar-refractivity contribution is -0.114. The number of primary amides is 1. The topological polar surface area (TPSA) is 118 Å². The molecule has 0 atom stereocenters. The Kier molecular flexibility index (Phi) is 5.39. The molecule has 10 heteroatoms. The van der Waals surface area contributed by atoms with E-state index in [9.17, 15) is 18.8 Å². The summed E-state index contributed by atoms with van der Waals surface area (Å²) in [6, 6.07) is 5.18. The summed E-state index contributed by atoms with van der Waals surface area (Å²) < 4.78 is 14.9. The Hall–Kier alpha value is -2.51. The minimum absolute atomic E-state index is 0.0271. The molecule has 3 N–H and O–H groups in total. The number of rotatable bonds is 4. The molecule has 0 aliphatic carbocycles. The van der Waals surface area contributed by atoms with Crippen LogP contribution in [-0.2, 0) is 11.8 Å². The average Bonchev–Trinajstić information content (AvgIpc) is 2.78. The smallest absolute Gasteiger partial charge is 0.289 e. The van der Waals surface area contributed by atoms with Gasteiger partial charge in [-0.25, -0.2) is 4.39 Å². The van der Waals surface area contributed by atoms with Crippen LogP contribution in [0.3, 0.4) is 0 Å². The second kappa shape index (κ2) is 7.16. The third-order valence-corrected chi connectivity index (χ3v) is 4.97. The lowest BCUT2D eigenvalue weighted by Gasteiger charge is -2.08. The van der Waals surface area contributed by atoms with Crippen molar-refractivity contribution >= 4 is 55.1 Å². The van der Waals surface area contributed by atoms with E-state index >= 15 is 0 Å². The van der Waals surface area contributed by atoms with Crippen LogP contribution in [0, 0.1) is 17.1 Å². The van der Waals surface area contributed by atoms with Crippen LogP contribution >= 0.6 is 31.9 Å². The number of nitrogens with two attached hydrogens (primary N) is 1. The van der Waals surface area contributed by atoms with Gasteiger partial charge in [-0.3, -0.25) is 14.4 Å². The normalized spacial score (nSPS) is 10.2. The zero-order valence-corrected chi connectivity index (χ0v) is 15.7. The van der Waals surface area contributed by atoms with Crippen LogP contribution in [0.4, 0.5) is 10.1 Å². The maximum Gasteiger partial charge on any atom is 0.289 e. The van der Waals surface area contributed by atoms with Gasteiger partial charge in [0.25, 0.3) is 17.6 Å². The Bertz CT molecular complexity index is 963. The molecule has 2 aromatic rings. The van der Waals surface area contributed by atoms with E-state index in [-0.39, 0.29) is 31.6 Å². The Morgan fingerprint density at radius 1 is 1.32 bits per heavy atom. The van der Waals surface area contributed by atoms with Crippen molar-refractivity contribution in [1.82, 2.24) is 4.57 Å². The maximum absolute atomic E-state index is 13.3. The highest BCUT2D eigenvalue weighted by Gasteiger charge is 2.29. The molecule has 2 rings (SSSR count). The number of nitrogens with zero attached hydrogens (tertiary/aromatic N) is 2. The Balaban J connectivity index is 2.44. The predicted octanol–water partition coefficient (Wildman–Crippen LogP) is 2.48. The van der Waals surface area contributed by atoms with E-state index in [0.717, 1.165) is 6.07 Å². The van der Waals surface area contributed by atoms with Gasteiger partial charge in [0.2, 0.25) is 0 Å². The molecule has 1 heterocycles. The van der Waals surface area contributed by atoms with Crippen molar-refractivity contribution in [1.29, 1.82) is 5.26 Å². The summed E-state index contributed by atoms with van der Waals surface area (Å²) in [6.45, 7) is 0. The van der Waals surface area contributed by atoms with Crippen molar-refractivity contribution in [2.45, 2.75) is 0 Å². The number of nitriles is 1. The van der Waals surface area contributed by atoms with Gasteiger partial charge in [0.05, 0.1) is 20.2 Å². The number of ketones is 1. The van der Waals surface area contributed by atoms with Gasteiger partial charge < -0.3 is 15.6 Å². The number of hydrogen-bond donors (Lipinski definition) is 2. The summed E-state index contributed by atoms with van der Waals surface area (Å²) in [4.78, 5) is 35.6. The molecule has 0 aliphatic rings. The number of carbonyl (C=O) groups excluding carboxylic acids is 3. The molecule has 7 nitrogen and oxygen atoms in total. The summed E-state index contributed by atoms with van der Waals surface area (Å²) in [5.74, 6) is -3.50. The Labute approximate surface area is 157 Å². The third kappa shape index (κ3) is 3.47. The molecule has 1 aromatic carbocycles. The van der Waals surface area contributed by atoms with Crippen LogP contribution < -0.4 is 11.1 Å². The highest BCUT2D eigenvalue weighted by atomic mass is 79.9. The molecular formula is C15H9Br2FN4O3. The number of nitrogens with one attached hydrogen (secondary N) is 1. The van der Waals surface area contributed by atoms with E-state index in [1.165, 1.54) is 23.7 Å². The molecule has 0 saturated carbocycles. The quantitative estimate of drug-likeness (QED) is 0.525. The first kappa shape index (κ1) is 18.8. The third-order valence-electron chi connectivity index (χ3n) is 3.27. The van der Waals surface area contributed by atoms with E-state index in [1.807, 2.05) is 0 Å². The number of Topliss-reactive ketones (excluding diaryl/α,β-unsaturated/α-hetero) is 1. The molecule has 0 saturated heterocycles. The fourth-order valence-corrected chi connectivity index (χ4v) is 3.71. The van der Waals surface area contributed by atoms with Crippen LogP contribution in [0.2, 0.25) is 0 Å². The lowest BCUT2D eigenvalue weighted by Crippen LogP contribution is -2.23. The standard InChI is InChI=1S/C15H9Br2FN4O3/c1-22-11(10(16)9(13(22)17)12(23)14(20)24)15(25)21-7-2-3-8(18)6(4-7)5-19/h2-4H,1H3,(H2,20,24)(H,21,25). The van der Waals surface area contributed by atoms with E-state index in [0.29, 0.717) is 0 Å². The summed E-state index contributed by atoms with van der Waals surface area (Å²) in [5.41, 5.74) is 4.91. The number of carbonyl (C=O) groups is 3.